The van der Waals surface area contributed by atoms with E-state index < -0.39 is 0 Å². The number of hydrogen-bond acceptors (Lipinski definition) is 7. The molecule has 4 bridgehead atoms. The molecule has 0 radical (unpaired) electrons. The highest BCUT2D eigenvalue weighted by Gasteiger charge is 2.16. The molecule has 4 rings (SSSR count). The van der Waals surface area contributed by atoms with Crippen molar-refractivity contribution in [1.82, 2.24) is 24.5 Å². The molecule has 3 aromatic rings. The Morgan fingerprint density at radius 1 is 1.08 bits per heavy atom. The quantitative estimate of drug-likeness (QED) is 0.619. The van der Waals surface area contributed by atoms with E-state index in [0.29, 0.717) is 42.6 Å². The fourth-order valence-electron chi connectivity index (χ4n) is 2.84. The SMILES string of the molecule is Cc1nc2c(N)nc3nc2n1Cc1cccc(n1)OC/C=C/CCCO3. The summed E-state index contributed by atoms with van der Waals surface area (Å²) in [5.41, 5.74) is 8.13. The van der Waals surface area contributed by atoms with Crippen LogP contribution < -0.4 is 15.2 Å². The Labute approximate surface area is 150 Å². The van der Waals surface area contributed by atoms with Crippen molar-refractivity contribution in [3.63, 3.8) is 0 Å². The number of nitrogens with two attached hydrogens (primary N) is 1. The van der Waals surface area contributed by atoms with Gasteiger partial charge in [0, 0.05) is 6.07 Å². The Kier molecular flexibility index (Phi) is 4.39. The van der Waals surface area contributed by atoms with Gasteiger partial charge in [0.25, 0.3) is 0 Å². The molecule has 134 valence electrons. The van der Waals surface area contributed by atoms with Gasteiger partial charge in [-0.05, 0) is 25.8 Å². The van der Waals surface area contributed by atoms with E-state index in [1.54, 1.807) is 0 Å². The molecule has 2 N–H and O–H groups in total. The molecule has 8 heteroatoms. The van der Waals surface area contributed by atoms with E-state index in [2.05, 4.69) is 26.0 Å². The van der Waals surface area contributed by atoms with E-state index in [1.807, 2.05) is 35.8 Å². The average Bonchev–Trinajstić information content (AvgIpc) is 2.93. The largest absolute Gasteiger partial charge is 0.473 e. The zero-order valence-electron chi connectivity index (χ0n) is 14.6. The predicted octanol–water partition coefficient (Wildman–Crippen LogP) is 2.27. The number of imidazole rings is 1. The Hall–Kier alpha value is -3.16. The van der Waals surface area contributed by atoms with Gasteiger partial charge < -0.3 is 19.8 Å². The minimum atomic E-state index is 0.275. The smallest absolute Gasteiger partial charge is 0.320 e. The number of aryl methyl sites for hydroxylation is 1. The van der Waals surface area contributed by atoms with Crippen molar-refractivity contribution in [1.29, 1.82) is 0 Å². The Balaban J connectivity index is 1.79. The van der Waals surface area contributed by atoms with Gasteiger partial charge >= 0.3 is 6.01 Å². The summed E-state index contributed by atoms with van der Waals surface area (Å²) in [4.78, 5) is 17.8. The van der Waals surface area contributed by atoms with Gasteiger partial charge in [-0.3, -0.25) is 0 Å². The van der Waals surface area contributed by atoms with E-state index in [-0.39, 0.29) is 6.01 Å². The monoisotopic (exact) mass is 352 g/mol. The molecule has 0 saturated heterocycles. The summed E-state index contributed by atoms with van der Waals surface area (Å²) in [5.74, 6) is 1.70. The summed E-state index contributed by atoms with van der Waals surface area (Å²) in [5, 5.41) is 0. The van der Waals surface area contributed by atoms with Gasteiger partial charge in [-0.2, -0.15) is 9.97 Å². The molecule has 1 aliphatic heterocycles. The fourth-order valence-corrected chi connectivity index (χ4v) is 2.84. The van der Waals surface area contributed by atoms with Crippen LogP contribution in [0.4, 0.5) is 5.82 Å². The van der Waals surface area contributed by atoms with E-state index in [4.69, 9.17) is 15.2 Å². The molecule has 0 aromatic carbocycles. The van der Waals surface area contributed by atoms with Crippen LogP contribution in [0, 0.1) is 6.92 Å². The van der Waals surface area contributed by atoms with Gasteiger partial charge in [0.05, 0.1) is 18.8 Å². The second-order valence-corrected chi connectivity index (χ2v) is 6.05. The molecular formula is C18H20N6O2. The molecule has 0 amide bonds. The normalized spacial score (nSPS) is 16.2. The topological polar surface area (TPSA) is 101 Å². The molecule has 3 aromatic heterocycles. The number of ether oxygens (including phenoxy) is 2. The summed E-state index contributed by atoms with van der Waals surface area (Å²) in [6, 6.07) is 6.00. The summed E-state index contributed by atoms with van der Waals surface area (Å²) in [6.07, 6.45) is 5.78. The lowest BCUT2D eigenvalue weighted by Gasteiger charge is -2.10. The van der Waals surface area contributed by atoms with Crippen LogP contribution in [-0.4, -0.2) is 37.7 Å². The Morgan fingerprint density at radius 3 is 2.92 bits per heavy atom. The molecule has 0 fully saturated rings. The van der Waals surface area contributed by atoms with Gasteiger partial charge in [0.1, 0.15) is 12.4 Å². The first-order valence-electron chi connectivity index (χ1n) is 8.57. The lowest BCUT2D eigenvalue weighted by molar-refractivity contribution is 0.288. The number of hydrogen-bond donors (Lipinski definition) is 1. The molecular weight excluding hydrogens is 332 g/mol. The van der Waals surface area contributed by atoms with E-state index >= 15 is 0 Å². The summed E-state index contributed by atoms with van der Waals surface area (Å²) < 4.78 is 13.3. The molecule has 0 spiro atoms. The third-order valence-corrected chi connectivity index (χ3v) is 4.13. The zero-order valence-corrected chi connectivity index (χ0v) is 14.6. The van der Waals surface area contributed by atoms with Crippen molar-refractivity contribution >= 4 is 17.0 Å². The van der Waals surface area contributed by atoms with E-state index in [0.717, 1.165) is 24.4 Å². The molecule has 0 saturated carbocycles. The summed E-state index contributed by atoms with van der Waals surface area (Å²) in [7, 11) is 0. The molecule has 0 atom stereocenters. The number of nitrogen functional groups attached to an aromatic ring is 1. The van der Waals surface area contributed by atoms with Gasteiger partial charge in [0.2, 0.25) is 5.88 Å². The van der Waals surface area contributed by atoms with Crippen LogP contribution in [0.25, 0.3) is 11.2 Å². The zero-order chi connectivity index (χ0) is 17.9. The maximum Gasteiger partial charge on any atom is 0.320 e. The highest BCUT2D eigenvalue weighted by atomic mass is 16.5. The van der Waals surface area contributed by atoms with E-state index in [1.165, 1.54) is 0 Å². The van der Waals surface area contributed by atoms with Crippen molar-refractivity contribution in [3.8, 4) is 11.9 Å². The molecule has 4 heterocycles. The maximum absolute atomic E-state index is 6.06. The van der Waals surface area contributed by atoms with Crippen molar-refractivity contribution in [2.45, 2.75) is 26.3 Å². The Bertz CT molecular complexity index is 966. The van der Waals surface area contributed by atoms with Gasteiger partial charge in [-0.25, -0.2) is 9.97 Å². The highest BCUT2D eigenvalue weighted by molar-refractivity contribution is 5.82. The molecule has 8 nitrogen and oxygen atoms in total. The highest BCUT2D eigenvalue weighted by Crippen LogP contribution is 2.23. The fraction of sp³-hybridized carbons (Fsp3) is 0.333. The van der Waals surface area contributed by atoms with Gasteiger partial charge in [0.15, 0.2) is 17.0 Å². The van der Waals surface area contributed by atoms with E-state index in [9.17, 15) is 0 Å². The first kappa shape index (κ1) is 16.3. The Morgan fingerprint density at radius 2 is 2.00 bits per heavy atom. The number of rotatable bonds is 0. The lowest BCUT2D eigenvalue weighted by atomic mass is 10.3. The third kappa shape index (κ3) is 3.30. The first-order valence-corrected chi connectivity index (χ1v) is 8.57. The van der Waals surface area contributed by atoms with Crippen molar-refractivity contribution in [3.05, 3.63) is 41.9 Å². The average molecular weight is 352 g/mol. The second kappa shape index (κ2) is 6.99. The van der Waals surface area contributed by atoms with Gasteiger partial charge in [-0.15, -0.1) is 0 Å². The number of anilines is 1. The molecule has 0 unspecified atom stereocenters. The first-order chi connectivity index (χ1) is 12.7. The number of aromatic nitrogens is 5. The van der Waals surface area contributed by atoms with Crippen LogP contribution in [-0.2, 0) is 6.54 Å². The van der Waals surface area contributed by atoms with Crippen LogP contribution in [0.15, 0.2) is 30.4 Å². The summed E-state index contributed by atoms with van der Waals surface area (Å²) >= 11 is 0. The van der Waals surface area contributed by atoms with Crippen LogP contribution in [0.3, 0.4) is 0 Å². The minimum absolute atomic E-state index is 0.275. The second-order valence-electron chi connectivity index (χ2n) is 6.05. The maximum atomic E-state index is 6.06. The van der Waals surface area contributed by atoms with Crippen LogP contribution in [0.2, 0.25) is 0 Å². The standard InChI is InChI=1S/C18H20N6O2/c1-12-20-15-16(19)22-18-23-17(15)24(12)11-13-7-6-8-14(21-13)25-9-4-2-3-5-10-26-18/h2,4,6-8H,3,5,9-11H2,1H3,(H2,19,22,23)/b4-2+. The molecule has 0 aliphatic carbocycles. The number of allylic oxidation sites excluding steroid dienone is 1. The summed E-state index contributed by atoms with van der Waals surface area (Å²) in [6.45, 7) is 3.42. The van der Waals surface area contributed by atoms with Crippen molar-refractivity contribution in [2.24, 2.45) is 0 Å². The molecule has 26 heavy (non-hydrogen) atoms. The minimum Gasteiger partial charge on any atom is -0.473 e. The van der Waals surface area contributed by atoms with Crippen molar-refractivity contribution < 1.29 is 9.47 Å². The number of pyridine rings is 1. The van der Waals surface area contributed by atoms with Crippen LogP contribution >= 0.6 is 0 Å². The lowest BCUT2D eigenvalue weighted by Crippen LogP contribution is -2.08. The number of fused-ring (bicyclic) bond motifs is 3. The third-order valence-electron chi connectivity index (χ3n) is 4.13. The van der Waals surface area contributed by atoms with Crippen LogP contribution in [0.5, 0.6) is 11.9 Å². The van der Waals surface area contributed by atoms with Crippen LogP contribution in [0.1, 0.15) is 24.4 Å². The molecule has 1 aliphatic rings. The predicted molar refractivity (Wildman–Crippen MR) is 97.2 cm³/mol. The number of nitrogens with zero attached hydrogens (tertiary/aromatic N) is 5. The van der Waals surface area contributed by atoms with Crippen molar-refractivity contribution in [2.75, 3.05) is 18.9 Å². The van der Waals surface area contributed by atoms with Gasteiger partial charge in [-0.1, -0.05) is 18.2 Å².